The summed E-state index contributed by atoms with van der Waals surface area (Å²) in [5.41, 5.74) is -1.39. The van der Waals surface area contributed by atoms with Gasteiger partial charge in [0.25, 0.3) is 5.91 Å². The number of aromatic amines is 1. The van der Waals surface area contributed by atoms with E-state index in [1.165, 1.54) is 31.3 Å². The minimum absolute atomic E-state index is 0.0442. The van der Waals surface area contributed by atoms with Crippen LogP contribution < -0.4 is 9.80 Å². The van der Waals surface area contributed by atoms with Gasteiger partial charge in [0.2, 0.25) is 5.95 Å². The van der Waals surface area contributed by atoms with Gasteiger partial charge in [-0.1, -0.05) is 35.9 Å². The van der Waals surface area contributed by atoms with Crippen LogP contribution in [0.25, 0.3) is 11.0 Å². The summed E-state index contributed by atoms with van der Waals surface area (Å²) in [5, 5.41) is 20.8. The highest BCUT2D eigenvalue weighted by atomic mass is 35.5. The van der Waals surface area contributed by atoms with Gasteiger partial charge in [-0.3, -0.25) is 14.6 Å². The average Bonchev–Trinajstić information content (AvgIpc) is 3.33. The van der Waals surface area contributed by atoms with Crippen molar-refractivity contribution in [2.45, 2.75) is 5.72 Å². The van der Waals surface area contributed by atoms with Crippen molar-refractivity contribution in [2.24, 2.45) is 0 Å². The van der Waals surface area contributed by atoms with E-state index < -0.39 is 40.1 Å². The molecular formula is C23H15ClF2N4O4. The lowest BCUT2D eigenvalue weighted by atomic mass is 9.93. The minimum Gasteiger partial charge on any atom is -0.465 e. The molecule has 2 heterocycles. The fourth-order valence-electron chi connectivity index (χ4n) is 4.07. The first-order valence-corrected chi connectivity index (χ1v) is 10.3. The first-order chi connectivity index (χ1) is 16.1. The molecule has 1 unspecified atom stereocenters. The maximum absolute atomic E-state index is 14.9. The number of carbonyl (C=O) groups is 2. The second-order valence-corrected chi connectivity index (χ2v) is 8.12. The largest absolute Gasteiger partial charge is 0.465 e. The summed E-state index contributed by atoms with van der Waals surface area (Å²) in [7, 11) is 1.31. The maximum atomic E-state index is 14.9. The smallest absolute Gasteiger partial charge is 0.413 e. The molecule has 1 aromatic heterocycles. The van der Waals surface area contributed by atoms with Gasteiger partial charge in [-0.05, 0) is 24.3 Å². The van der Waals surface area contributed by atoms with Crippen molar-refractivity contribution >= 4 is 46.3 Å². The average molecular weight is 485 g/mol. The maximum Gasteiger partial charge on any atom is 0.413 e. The molecule has 34 heavy (non-hydrogen) atoms. The second kappa shape index (κ2) is 7.51. The Hall–Kier alpha value is -4.02. The summed E-state index contributed by atoms with van der Waals surface area (Å²) in [5.74, 6) is -2.77. The van der Waals surface area contributed by atoms with E-state index in [2.05, 4.69) is 9.97 Å². The normalized spacial score (nSPS) is 17.3. The molecule has 172 valence electrons. The van der Waals surface area contributed by atoms with E-state index in [0.717, 1.165) is 15.9 Å². The molecule has 8 nitrogen and oxygen atoms in total. The van der Waals surface area contributed by atoms with Gasteiger partial charge >= 0.3 is 6.09 Å². The van der Waals surface area contributed by atoms with Crippen molar-refractivity contribution in [1.29, 1.82) is 0 Å². The zero-order valence-electron chi connectivity index (χ0n) is 17.4. The molecule has 11 heteroatoms. The van der Waals surface area contributed by atoms with E-state index in [4.69, 9.17) is 11.6 Å². The van der Waals surface area contributed by atoms with Crippen LogP contribution in [0.5, 0.6) is 0 Å². The minimum atomic E-state index is -2.19. The van der Waals surface area contributed by atoms with Crippen molar-refractivity contribution in [1.82, 2.24) is 9.97 Å². The Morgan fingerprint density at radius 2 is 1.88 bits per heavy atom. The van der Waals surface area contributed by atoms with Crippen molar-refractivity contribution in [3.63, 3.8) is 0 Å². The number of anilines is 2. The number of rotatable bonds is 3. The van der Waals surface area contributed by atoms with Crippen LogP contribution in [0.15, 0.2) is 54.6 Å². The standard InChI is InChI=1S/C23H15ClF2N4O4/c1-29(22(32)33)21-27-17-7-6-11(8-18(17)28-21)23(34)13-5-3-2-4-12(13)20(31)30(23)19-9-14(24)15(25)10-16(19)26/h2-10,34H,1H3,(H,27,28)(H,32,33). The number of imidazole rings is 1. The van der Waals surface area contributed by atoms with Gasteiger partial charge in [0, 0.05) is 29.8 Å². The number of fused-ring (bicyclic) bond motifs is 2. The van der Waals surface area contributed by atoms with Crippen molar-refractivity contribution in [3.8, 4) is 0 Å². The van der Waals surface area contributed by atoms with Crippen LogP contribution in [0.3, 0.4) is 0 Å². The molecule has 5 rings (SSSR count). The third-order valence-electron chi connectivity index (χ3n) is 5.77. The second-order valence-electron chi connectivity index (χ2n) is 7.71. The molecule has 0 saturated carbocycles. The number of hydrogen-bond acceptors (Lipinski definition) is 4. The van der Waals surface area contributed by atoms with E-state index in [9.17, 15) is 28.6 Å². The van der Waals surface area contributed by atoms with E-state index in [1.807, 2.05) is 0 Å². The number of nitrogens with zero attached hydrogens (tertiary/aromatic N) is 3. The Bertz CT molecular complexity index is 1510. The number of halogens is 3. The van der Waals surface area contributed by atoms with Gasteiger partial charge in [-0.25, -0.2) is 18.6 Å². The highest BCUT2D eigenvalue weighted by Crippen LogP contribution is 2.46. The molecule has 0 spiro atoms. The van der Waals surface area contributed by atoms with Gasteiger partial charge < -0.3 is 15.2 Å². The molecule has 0 radical (unpaired) electrons. The number of aliphatic hydroxyl groups is 1. The van der Waals surface area contributed by atoms with E-state index in [-0.39, 0.29) is 22.6 Å². The summed E-state index contributed by atoms with van der Waals surface area (Å²) < 4.78 is 28.7. The number of amides is 2. The van der Waals surface area contributed by atoms with Crippen LogP contribution in [0.1, 0.15) is 21.5 Å². The molecule has 1 atom stereocenters. The molecular weight excluding hydrogens is 470 g/mol. The summed E-state index contributed by atoms with van der Waals surface area (Å²) in [6.45, 7) is 0. The topological polar surface area (TPSA) is 110 Å². The van der Waals surface area contributed by atoms with E-state index in [1.54, 1.807) is 18.2 Å². The predicted octanol–water partition coefficient (Wildman–Crippen LogP) is 4.46. The van der Waals surface area contributed by atoms with Crippen LogP contribution in [0.2, 0.25) is 5.02 Å². The van der Waals surface area contributed by atoms with Crippen molar-refractivity contribution in [2.75, 3.05) is 16.8 Å². The van der Waals surface area contributed by atoms with Crippen LogP contribution in [0.4, 0.5) is 25.2 Å². The number of benzene rings is 3. The first-order valence-electron chi connectivity index (χ1n) is 9.90. The summed E-state index contributed by atoms with van der Waals surface area (Å²) in [6.07, 6.45) is -1.23. The Morgan fingerprint density at radius 1 is 1.15 bits per heavy atom. The highest BCUT2D eigenvalue weighted by Gasteiger charge is 2.51. The summed E-state index contributed by atoms with van der Waals surface area (Å²) in [6, 6.07) is 12.2. The number of carbonyl (C=O) groups excluding carboxylic acids is 1. The molecule has 1 aliphatic rings. The molecule has 0 saturated heterocycles. The number of hydrogen-bond donors (Lipinski definition) is 3. The quantitative estimate of drug-likeness (QED) is 0.372. The lowest BCUT2D eigenvalue weighted by molar-refractivity contribution is 0.0699. The van der Waals surface area contributed by atoms with Gasteiger partial charge in [-0.2, -0.15) is 0 Å². The molecule has 2 amide bonds. The van der Waals surface area contributed by atoms with Gasteiger partial charge in [-0.15, -0.1) is 0 Å². The molecule has 0 fully saturated rings. The van der Waals surface area contributed by atoms with E-state index in [0.29, 0.717) is 17.1 Å². The molecule has 1 aliphatic heterocycles. The Morgan fingerprint density at radius 3 is 2.62 bits per heavy atom. The van der Waals surface area contributed by atoms with E-state index >= 15 is 0 Å². The van der Waals surface area contributed by atoms with Crippen LogP contribution >= 0.6 is 11.6 Å². The number of nitrogens with one attached hydrogen (secondary N) is 1. The van der Waals surface area contributed by atoms with Crippen LogP contribution in [0, 0.1) is 11.6 Å². The van der Waals surface area contributed by atoms with Gasteiger partial charge in [0.05, 0.1) is 21.7 Å². The highest BCUT2D eigenvalue weighted by molar-refractivity contribution is 6.31. The predicted molar refractivity (Wildman–Crippen MR) is 120 cm³/mol. The molecule has 4 aromatic rings. The van der Waals surface area contributed by atoms with Crippen molar-refractivity contribution in [3.05, 3.63) is 87.9 Å². The monoisotopic (exact) mass is 484 g/mol. The molecule has 3 aromatic carbocycles. The zero-order valence-corrected chi connectivity index (χ0v) is 18.1. The van der Waals surface area contributed by atoms with Crippen LogP contribution in [-0.2, 0) is 5.72 Å². The lowest BCUT2D eigenvalue weighted by Gasteiger charge is -2.35. The fourth-order valence-corrected chi connectivity index (χ4v) is 4.23. The van der Waals surface area contributed by atoms with Gasteiger partial charge in [0.1, 0.15) is 11.6 Å². The number of carboxylic acid groups (broad SMARTS) is 1. The summed E-state index contributed by atoms with van der Waals surface area (Å²) in [4.78, 5) is 33.4. The number of aromatic nitrogens is 2. The third kappa shape index (κ3) is 3.03. The lowest BCUT2D eigenvalue weighted by Crippen LogP contribution is -2.45. The molecule has 0 bridgehead atoms. The molecule has 0 aliphatic carbocycles. The Balaban J connectivity index is 1.74. The van der Waals surface area contributed by atoms with Gasteiger partial charge in [0.15, 0.2) is 5.72 Å². The fraction of sp³-hybridized carbons (Fsp3) is 0.0870. The Labute approximate surface area is 195 Å². The van der Waals surface area contributed by atoms with Crippen LogP contribution in [-0.4, -0.2) is 39.2 Å². The SMILES string of the molecule is CN(C(=O)O)c1nc2cc(C3(O)c4ccccc4C(=O)N3c3cc(Cl)c(F)cc3F)ccc2[nH]1. The molecule has 3 N–H and O–H groups in total. The zero-order chi connectivity index (χ0) is 24.4. The first kappa shape index (κ1) is 21.8. The van der Waals surface area contributed by atoms with Crippen molar-refractivity contribution < 1.29 is 28.6 Å². The Kier molecular flexibility index (Phi) is 4.81. The number of H-pyrrole nitrogens is 1. The third-order valence-corrected chi connectivity index (χ3v) is 6.06. The summed E-state index contributed by atoms with van der Waals surface area (Å²) >= 11 is 5.87.